The highest BCUT2D eigenvalue weighted by Gasteiger charge is 2.08. The highest BCUT2D eigenvalue weighted by atomic mass is 79.9. The van der Waals surface area contributed by atoms with Crippen LogP contribution < -0.4 is 5.73 Å². The maximum atomic E-state index is 10.7. The van der Waals surface area contributed by atoms with Crippen molar-refractivity contribution in [3.63, 3.8) is 0 Å². The molecule has 1 aromatic carbocycles. The Morgan fingerprint density at radius 1 is 1.58 bits per heavy atom. The van der Waals surface area contributed by atoms with Crippen LogP contribution in [0, 0.1) is 0 Å². The summed E-state index contributed by atoms with van der Waals surface area (Å²) in [7, 11) is 0. The van der Waals surface area contributed by atoms with Gasteiger partial charge in [0.15, 0.2) is 0 Å². The lowest BCUT2D eigenvalue weighted by Gasteiger charge is -2.02. The molecule has 0 unspecified atom stereocenters. The molecule has 0 saturated heterocycles. The van der Waals surface area contributed by atoms with Crippen molar-refractivity contribution >= 4 is 27.6 Å². The molecule has 12 heavy (non-hydrogen) atoms. The number of nitrogen functional groups attached to an aromatic ring is 1. The van der Waals surface area contributed by atoms with Gasteiger partial charge in [0.2, 0.25) is 0 Å². The van der Waals surface area contributed by atoms with Gasteiger partial charge in [-0.25, -0.2) is 4.79 Å². The van der Waals surface area contributed by atoms with E-state index in [1.54, 1.807) is 12.1 Å². The Kier molecular flexibility index (Phi) is 2.70. The third-order valence-corrected chi connectivity index (χ3v) is 2.11. The summed E-state index contributed by atoms with van der Waals surface area (Å²) >= 11 is 3.20. The van der Waals surface area contributed by atoms with E-state index in [0.717, 1.165) is 5.56 Å². The summed E-state index contributed by atoms with van der Waals surface area (Å²) in [6.07, 6.45) is 0. The Balaban J connectivity index is 3.21. The molecular formula is C8H8BrNO2. The van der Waals surface area contributed by atoms with Gasteiger partial charge < -0.3 is 10.8 Å². The molecule has 0 spiro atoms. The first kappa shape index (κ1) is 9.06. The molecule has 0 aromatic heterocycles. The molecule has 0 bridgehead atoms. The summed E-state index contributed by atoms with van der Waals surface area (Å²) in [4.78, 5) is 10.7. The highest BCUT2D eigenvalue weighted by molar-refractivity contribution is 9.08. The Morgan fingerprint density at radius 2 is 2.25 bits per heavy atom. The van der Waals surface area contributed by atoms with Crippen molar-refractivity contribution in [3.8, 4) is 0 Å². The van der Waals surface area contributed by atoms with Crippen LogP contribution in [0.25, 0.3) is 0 Å². The lowest BCUT2D eigenvalue weighted by molar-refractivity contribution is 0.0696. The molecule has 0 aliphatic heterocycles. The molecule has 64 valence electrons. The Hall–Kier alpha value is -1.03. The molecule has 0 saturated carbocycles. The molecular weight excluding hydrogens is 222 g/mol. The molecule has 1 aromatic rings. The molecule has 4 heteroatoms. The zero-order valence-corrected chi connectivity index (χ0v) is 7.84. The van der Waals surface area contributed by atoms with E-state index in [9.17, 15) is 4.79 Å². The van der Waals surface area contributed by atoms with Gasteiger partial charge in [0.05, 0.1) is 5.56 Å². The summed E-state index contributed by atoms with van der Waals surface area (Å²) in [5.41, 5.74) is 6.90. The van der Waals surface area contributed by atoms with E-state index in [-0.39, 0.29) is 5.56 Å². The van der Waals surface area contributed by atoms with Crippen LogP contribution in [-0.2, 0) is 5.33 Å². The smallest absolute Gasteiger partial charge is 0.336 e. The van der Waals surface area contributed by atoms with Gasteiger partial charge >= 0.3 is 5.97 Å². The van der Waals surface area contributed by atoms with Crippen molar-refractivity contribution in [2.24, 2.45) is 0 Å². The highest BCUT2D eigenvalue weighted by Crippen LogP contribution is 2.16. The minimum atomic E-state index is -0.947. The van der Waals surface area contributed by atoms with E-state index in [4.69, 9.17) is 10.8 Å². The van der Waals surface area contributed by atoms with Gasteiger partial charge in [-0.05, 0) is 17.7 Å². The van der Waals surface area contributed by atoms with Gasteiger partial charge in [-0.2, -0.15) is 0 Å². The van der Waals surface area contributed by atoms with E-state index in [0.29, 0.717) is 11.0 Å². The standard InChI is InChI=1S/C8H8BrNO2/c9-4-5-1-2-6(10)3-7(5)8(11)12/h1-3H,4,10H2,(H,11,12). The monoisotopic (exact) mass is 229 g/mol. The lowest BCUT2D eigenvalue weighted by atomic mass is 10.1. The van der Waals surface area contributed by atoms with Crippen LogP contribution >= 0.6 is 15.9 Å². The van der Waals surface area contributed by atoms with Crippen molar-refractivity contribution in [2.75, 3.05) is 5.73 Å². The fourth-order valence-electron chi connectivity index (χ4n) is 0.910. The molecule has 0 fully saturated rings. The molecule has 0 aliphatic carbocycles. The van der Waals surface area contributed by atoms with E-state index in [1.165, 1.54) is 6.07 Å². The maximum Gasteiger partial charge on any atom is 0.336 e. The molecule has 1 rings (SSSR count). The molecule has 0 heterocycles. The number of benzene rings is 1. The number of alkyl halides is 1. The summed E-state index contributed by atoms with van der Waals surface area (Å²) in [5.74, 6) is -0.947. The average Bonchev–Trinajstić information content (AvgIpc) is 2.04. The van der Waals surface area contributed by atoms with Gasteiger partial charge in [-0.15, -0.1) is 0 Å². The largest absolute Gasteiger partial charge is 0.478 e. The van der Waals surface area contributed by atoms with Crippen molar-refractivity contribution in [1.82, 2.24) is 0 Å². The fourth-order valence-corrected chi connectivity index (χ4v) is 1.40. The molecule has 3 N–H and O–H groups in total. The number of aromatic carboxylic acids is 1. The van der Waals surface area contributed by atoms with Crippen LogP contribution in [0.15, 0.2) is 18.2 Å². The minimum Gasteiger partial charge on any atom is -0.478 e. The van der Waals surface area contributed by atoms with Crippen LogP contribution in [0.4, 0.5) is 5.69 Å². The van der Waals surface area contributed by atoms with E-state index < -0.39 is 5.97 Å². The Morgan fingerprint density at radius 3 is 2.75 bits per heavy atom. The number of hydrogen-bond acceptors (Lipinski definition) is 2. The molecule has 3 nitrogen and oxygen atoms in total. The number of nitrogens with two attached hydrogens (primary N) is 1. The van der Waals surface area contributed by atoms with Crippen LogP contribution in [0.1, 0.15) is 15.9 Å². The summed E-state index contributed by atoms with van der Waals surface area (Å²) in [5, 5.41) is 9.27. The summed E-state index contributed by atoms with van der Waals surface area (Å²) in [6, 6.07) is 4.84. The number of carbonyl (C=O) groups is 1. The number of carboxylic acid groups (broad SMARTS) is 1. The lowest BCUT2D eigenvalue weighted by Crippen LogP contribution is -2.02. The van der Waals surface area contributed by atoms with Gasteiger partial charge in [0.25, 0.3) is 0 Å². The number of hydrogen-bond donors (Lipinski definition) is 2. The average molecular weight is 230 g/mol. The van der Waals surface area contributed by atoms with E-state index in [2.05, 4.69) is 15.9 Å². The SMILES string of the molecule is Nc1ccc(CBr)c(C(=O)O)c1. The zero-order valence-electron chi connectivity index (χ0n) is 6.25. The van der Waals surface area contributed by atoms with E-state index >= 15 is 0 Å². The van der Waals surface area contributed by atoms with E-state index in [1.807, 2.05) is 0 Å². The summed E-state index contributed by atoms with van der Waals surface area (Å²) < 4.78 is 0. The second kappa shape index (κ2) is 3.58. The topological polar surface area (TPSA) is 63.3 Å². The normalized spacial score (nSPS) is 9.75. The quantitative estimate of drug-likeness (QED) is 0.602. The number of anilines is 1. The van der Waals surface area contributed by atoms with Crippen molar-refractivity contribution < 1.29 is 9.90 Å². The van der Waals surface area contributed by atoms with Crippen molar-refractivity contribution in [2.45, 2.75) is 5.33 Å². The number of rotatable bonds is 2. The first-order valence-electron chi connectivity index (χ1n) is 3.33. The zero-order chi connectivity index (χ0) is 9.14. The first-order valence-corrected chi connectivity index (χ1v) is 4.45. The molecule has 0 aliphatic rings. The predicted molar refractivity (Wildman–Crippen MR) is 50.4 cm³/mol. The summed E-state index contributed by atoms with van der Waals surface area (Å²) in [6.45, 7) is 0. The van der Waals surface area contributed by atoms with Gasteiger partial charge in [0.1, 0.15) is 0 Å². The maximum absolute atomic E-state index is 10.7. The molecule has 0 atom stereocenters. The number of carboxylic acids is 1. The minimum absolute atomic E-state index is 0.256. The fraction of sp³-hybridized carbons (Fsp3) is 0.125. The molecule has 0 amide bonds. The second-order valence-electron chi connectivity index (χ2n) is 2.36. The van der Waals surface area contributed by atoms with Crippen molar-refractivity contribution in [3.05, 3.63) is 29.3 Å². The van der Waals surface area contributed by atoms with Crippen molar-refractivity contribution in [1.29, 1.82) is 0 Å². The Labute approximate surface area is 78.3 Å². The van der Waals surface area contributed by atoms with Crippen LogP contribution in [0.5, 0.6) is 0 Å². The van der Waals surface area contributed by atoms with Gasteiger partial charge in [0, 0.05) is 11.0 Å². The third kappa shape index (κ3) is 1.76. The Bertz CT molecular complexity index is 312. The van der Waals surface area contributed by atoms with Crippen LogP contribution in [-0.4, -0.2) is 11.1 Å². The van der Waals surface area contributed by atoms with Gasteiger partial charge in [-0.3, -0.25) is 0 Å². The second-order valence-corrected chi connectivity index (χ2v) is 2.92. The van der Waals surface area contributed by atoms with Crippen LogP contribution in [0.3, 0.4) is 0 Å². The third-order valence-electron chi connectivity index (χ3n) is 1.51. The number of halogens is 1. The predicted octanol–water partition coefficient (Wildman–Crippen LogP) is 1.86. The van der Waals surface area contributed by atoms with Crippen LogP contribution in [0.2, 0.25) is 0 Å². The molecule has 0 radical (unpaired) electrons. The first-order chi connectivity index (χ1) is 5.65. The van der Waals surface area contributed by atoms with Gasteiger partial charge in [-0.1, -0.05) is 22.0 Å².